The molecule has 4 rings (SSSR count). The summed E-state index contributed by atoms with van der Waals surface area (Å²) in [5.41, 5.74) is -0.963. The molecule has 1 fully saturated rings. The number of benzene rings is 2. The van der Waals surface area contributed by atoms with Crippen molar-refractivity contribution in [1.82, 2.24) is 19.7 Å². The summed E-state index contributed by atoms with van der Waals surface area (Å²) in [6.45, 7) is 12.6. The van der Waals surface area contributed by atoms with Gasteiger partial charge in [0.25, 0.3) is 11.6 Å². The molecule has 2 aromatic carbocycles. The second kappa shape index (κ2) is 12.4. The van der Waals surface area contributed by atoms with Crippen molar-refractivity contribution in [3.63, 3.8) is 0 Å². The third kappa shape index (κ3) is 6.94. The Morgan fingerprint density at radius 3 is 2.20 bits per heavy atom. The highest BCUT2D eigenvalue weighted by atomic mass is 19.4. The van der Waals surface area contributed by atoms with Crippen molar-refractivity contribution in [2.75, 3.05) is 39.3 Å². The van der Waals surface area contributed by atoms with Crippen LogP contribution in [0.25, 0.3) is 22.8 Å². The smallest absolute Gasteiger partial charge is 0.416 e. The summed E-state index contributed by atoms with van der Waals surface area (Å²) in [7, 11) is 0. The number of amides is 1. The van der Waals surface area contributed by atoms with E-state index < -0.39 is 22.6 Å². The number of carbonyl (C=O) groups is 1. The Labute approximate surface area is 236 Å². The second-order valence-electron chi connectivity index (χ2n) is 10.6. The minimum absolute atomic E-state index is 0.0626. The molecule has 9 nitrogen and oxygen atoms in total. The number of rotatable bonds is 9. The van der Waals surface area contributed by atoms with E-state index in [0.29, 0.717) is 38.3 Å². The molecule has 0 spiro atoms. The summed E-state index contributed by atoms with van der Waals surface area (Å²) in [5.74, 6) is -0.647. The van der Waals surface area contributed by atoms with E-state index in [1.54, 1.807) is 11.0 Å². The number of piperazine rings is 1. The number of hydrogen-bond acceptors (Lipinski definition) is 7. The van der Waals surface area contributed by atoms with Gasteiger partial charge in [0, 0.05) is 63.0 Å². The highest BCUT2D eigenvalue weighted by molar-refractivity contribution is 5.99. The molecule has 0 bridgehead atoms. The number of oxazole rings is 1. The van der Waals surface area contributed by atoms with Gasteiger partial charge in [-0.2, -0.15) is 13.2 Å². The molecule has 3 aromatic rings. The van der Waals surface area contributed by atoms with Crippen LogP contribution >= 0.6 is 0 Å². The van der Waals surface area contributed by atoms with E-state index in [4.69, 9.17) is 4.42 Å². The lowest BCUT2D eigenvalue weighted by Crippen LogP contribution is -2.51. The largest absolute Gasteiger partial charge is 0.435 e. The Morgan fingerprint density at radius 2 is 1.63 bits per heavy atom. The number of nitro benzene ring substituents is 1. The minimum Gasteiger partial charge on any atom is -0.435 e. The molecule has 0 atom stereocenters. The molecule has 2 heterocycles. The predicted octanol–water partition coefficient (Wildman–Crippen LogP) is 5.81. The molecular weight excluding hydrogens is 539 g/mol. The lowest BCUT2D eigenvalue weighted by molar-refractivity contribution is -0.384. The number of para-hydroxylation sites is 1. The van der Waals surface area contributed by atoms with Gasteiger partial charge in [0.15, 0.2) is 11.5 Å². The normalized spacial score (nSPS) is 14.8. The topological polar surface area (TPSA) is 96.0 Å². The predicted molar refractivity (Wildman–Crippen MR) is 148 cm³/mol. The quantitative estimate of drug-likeness (QED) is 0.235. The van der Waals surface area contributed by atoms with Crippen LogP contribution in [0.5, 0.6) is 0 Å². The van der Waals surface area contributed by atoms with E-state index in [1.165, 1.54) is 30.3 Å². The molecule has 0 radical (unpaired) electrons. The first kappa shape index (κ1) is 30.2. The summed E-state index contributed by atoms with van der Waals surface area (Å²) in [4.78, 5) is 35.6. The zero-order valence-corrected chi connectivity index (χ0v) is 23.5. The lowest BCUT2D eigenvalue weighted by atomic mass is 10.1. The average molecular weight is 574 g/mol. The number of halogens is 3. The van der Waals surface area contributed by atoms with E-state index in [0.717, 1.165) is 25.2 Å². The molecule has 0 aliphatic carbocycles. The van der Waals surface area contributed by atoms with Crippen LogP contribution in [0.1, 0.15) is 43.7 Å². The van der Waals surface area contributed by atoms with Crippen molar-refractivity contribution in [3.05, 3.63) is 69.9 Å². The molecule has 1 amide bonds. The van der Waals surface area contributed by atoms with Crippen molar-refractivity contribution in [2.24, 2.45) is 0 Å². The number of nitro groups is 1. The van der Waals surface area contributed by atoms with E-state index >= 15 is 0 Å². The fraction of sp³-hybridized carbons (Fsp3) is 0.448. The third-order valence-corrected chi connectivity index (χ3v) is 7.29. The molecule has 0 unspecified atom stereocenters. The molecule has 12 heteroatoms. The zero-order chi connectivity index (χ0) is 29.9. The summed E-state index contributed by atoms with van der Waals surface area (Å²) >= 11 is 0. The maximum Gasteiger partial charge on any atom is 0.416 e. The van der Waals surface area contributed by atoms with E-state index in [-0.39, 0.29) is 34.2 Å². The Hall–Kier alpha value is -3.77. The van der Waals surface area contributed by atoms with Gasteiger partial charge in [-0.1, -0.05) is 12.1 Å². The second-order valence-corrected chi connectivity index (χ2v) is 10.6. The van der Waals surface area contributed by atoms with Crippen LogP contribution in [-0.2, 0) is 6.18 Å². The molecule has 41 heavy (non-hydrogen) atoms. The van der Waals surface area contributed by atoms with Crippen LogP contribution in [0.3, 0.4) is 0 Å². The van der Waals surface area contributed by atoms with Crippen molar-refractivity contribution in [1.29, 1.82) is 0 Å². The van der Waals surface area contributed by atoms with Crippen molar-refractivity contribution >= 4 is 11.6 Å². The molecule has 0 saturated carbocycles. The average Bonchev–Trinajstić information content (AvgIpc) is 3.38. The fourth-order valence-electron chi connectivity index (χ4n) is 5.09. The summed E-state index contributed by atoms with van der Waals surface area (Å²) in [5, 5.41) is 11.7. The fourth-order valence-corrected chi connectivity index (χ4v) is 5.09. The van der Waals surface area contributed by atoms with Gasteiger partial charge >= 0.3 is 6.18 Å². The molecule has 1 saturated heterocycles. The third-order valence-electron chi connectivity index (χ3n) is 7.29. The van der Waals surface area contributed by atoms with Crippen LogP contribution in [0.15, 0.2) is 52.9 Å². The van der Waals surface area contributed by atoms with Crippen molar-refractivity contribution in [2.45, 2.75) is 46.0 Å². The Morgan fingerprint density at radius 1 is 1.02 bits per heavy atom. The van der Waals surface area contributed by atoms with Gasteiger partial charge in [-0.3, -0.25) is 24.7 Å². The van der Waals surface area contributed by atoms with Gasteiger partial charge < -0.3 is 9.32 Å². The van der Waals surface area contributed by atoms with E-state index in [1.807, 2.05) is 0 Å². The standard InChI is InChI=1S/C29H34F3N5O4/c1-19(2)36(20(3)4)18-15-34-13-16-35(17-14-34)28(38)25-26(23-7-5-6-8-24(23)37(39)40)41-27(33-25)21-9-11-22(12-10-21)29(30,31)32/h5-12,19-20H,13-18H2,1-4H3. The number of hydrogen-bond donors (Lipinski definition) is 0. The summed E-state index contributed by atoms with van der Waals surface area (Å²) in [6.07, 6.45) is -4.52. The SMILES string of the molecule is CC(C)N(CCN1CCN(C(=O)c2nc(-c3ccc(C(F)(F)F)cc3)oc2-c2ccccc2[N+](=O)[O-])CC1)C(C)C. The van der Waals surface area contributed by atoms with Crippen molar-refractivity contribution < 1.29 is 27.3 Å². The summed E-state index contributed by atoms with van der Waals surface area (Å²) in [6, 6.07) is 10.8. The van der Waals surface area contributed by atoms with Crippen LogP contribution in [0.2, 0.25) is 0 Å². The van der Waals surface area contributed by atoms with Crippen LogP contribution in [0.4, 0.5) is 18.9 Å². The van der Waals surface area contributed by atoms with Gasteiger partial charge in [0.2, 0.25) is 5.89 Å². The number of nitrogens with zero attached hydrogens (tertiary/aromatic N) is 5. The first-order valence-corrected chi connectivity index (χ1v) is 13.6. The van der Waals surface area contributed by atoms with E-state index in [2.05, 4.69) is 42.5 Å². The Balaban J connectivity index is 1.60. The number of alkyl halides is 3. The molecule has 220 valence electrons. The van der Waals surface area contributed by atoms with Gasteiger partial charge in [-0.05, 0) is 58.0 Å². The highest BCUT2D eigenvalue weighted by Crippen LogP contribution is 2.37. The van der Waals surface area contributed by atoms with Crippen LogP contribution in [-0.4, -0.2) is 81.9 Å². The maximum absolute atomic E-state index is 13.7. The van der Waals surface area contributed by atoms with Crippen LogP contribution in [0, 0.1) is 10.1 Å². The van der Waals surface area contributed by atoms with Gasteiger partial charge in [0.1, 0.15) is 0 Å². The lowest BCUT2D eigenvalue weighted by Gasteiger charge is -2.37. The monoisotopic (exact) mass is 573 g/mol. The van der Waals surface area contributed by atoms with Gasteiger partial charge in [-0.25, -0.2) is 4.98 Å². The molecular formula is C29H34F3N5O4. The molecule has 1 aliphatic rings. The first-order valence-electron chi connectivity index (χ1n) is 13.6. The highest BCUT2D eigenvalue weighted by Gasteiger charge is 2.33. The van der Waals surface area contributed by atoms with Crippen LogP contribution < -0.4 is 0 Å². The zero-order valence-electron chi connectivity index (χ0n) is 23.5. The summed E-state index contributed by atoms with van der Waals surface area (Å²) < 4.78 is 45.1. The minimum atomic E-state index is -4.52. The van der Waals surface area contributed by atoms with Gasteiger partial charge in [0.05, 0.1) is 16.1 Å². The molecule has 1 aliphatic heterocycles. The number of aromatic nitrogens is 1. The van der Waals surface area contributed by atoms with E-state index in [9.17, 15) is 28.1 Å². The Kier molecular flexibility index (Phi) is 9.13. The molecule has 1 aromatic heterocycles. The first-order chi connectivity index (χ1) is 19.4. The van der Waals surface area contributed by atoms with Crippen molar-refractivity contribution in [3.8, 4) is 22.8 Å². The maximum atomic E-state index is 13.7. The number of carbonyl (C=O) groups excluding carboxylic acids is 1. The Bertz CT molecular complexity index is 1360. The molecule has 0 N–H and O–H groups in total. The van der Waals surface area contributed by atoms with Gasteiger partial charge in [-0.15, -0.1) is 0 Å².